The van der Waals surface area contributed by atoms with Gasteiger partial charge < -0.3 is 5.11 Å². The van der Waals surface area contributed by atoms with Crippen LogP contribution in [0.2, 0.25) is 0 Å². The molecular weight excluding hydrogens is 338 g/mol. The van der Waals surface area contributed by atoms with Crippen LogP contribution in [0.15, 0.2) is 66.7 Å². The largest absolute Gasteiger partial charge is 0.481 e. The summed E-state index contributed by atoms with van der Waals surface area (Å²) in [6.07, 6.45) is -0.0544. The number of para-hydroxylation sites is 1. The molecule has 0 aliphatic carbocycles. The van der Waals surface area contributed by atoms with Gasteiger partial charge in [-0.2, -0.15) is 5.10 Å². The Balaban J connectivity index is 1.75. The van der Waals surface area contributed by atoms with Crippen LogP contribution in [-0.2, 0) is 17.8 Å². The molecule has 2 aromatic heterocycles. The van der Waals surface area contributed by atoms with Crippen molar-refractivity contribution in [3.05, 3.63) is 83.7 Å². The van der Waals surface area contributed by atoms with Gasteiger partial charge in [0.15, 0.2) is 0 Å². The molecule has 0 amide bonds. The minimum Gasteiger partial charge on any atom is -0.481 e. The van der Waals surface area contributed by atoms with Crippen LogP contribution in [0, 0.1) is 6.92 Å². The SMILES string of the molecule is Cc1c(CC(=O)O)c(-c2ccccc2)nn1Cc1ccc2ccccc2n1. The van der Waals surface area contributed by atoms with Gasteiger partial charge in [-0.25, -0.2) is 0 Å². The van der Waals surface area contributed by atoms with Crippen molar-refractivity contribution in [2.75, 3.05) is 0 Å². The lowest BCUT2D eigenvalue weighted by Gasteiger charge is -2.06. The summed E-state index contributed by atoms with van der Waals surface area (Å²) < 4.78 is 1.84. The summed E-state index contributed by atoms with van der Waals surface area (Å²) in [5, 5.41) is 15.1. The van der Waals surface area contributed by atoms with E-state index in [1.165, 1.54) is 0 Å². The summed E-state index contributed by atoms with van der Waals surface area (Å²) in [6, 6.07) is 21.7. The maximum absolute atomic E-state index is 11.4. The van der Waals surface area contributed by atoms with Crippen LogP contribution in [0.3, 0.4) is 0 Å². The Morgan fingerprint density at radius 3 is 2.52 bits per heavy atom. The van der Waals surface area contributed by atoms with Crippen molar-refractivity contribution < 1.29 is 9.90 Å². The maximum atomic E-state index is 11.4. The minimum absolute atomic E-state index is 0.0544. The lowest BCUT2D eigenvalue weighted by atomic mass is 10.0. The normalized spacial score (nSPS) is 11.0. The molecule has 5 nitrogen and oxygen atoms in total. The summed E-state index contributed by atoms with van der Waals surface area (Å²) in [7, 11) is 0. The zero-order valence-corrected chi connectivity index (χ0v) is 15.0. The monoisotopic (exact) mass is 357 g/mol. The van der Waals surface area contributed by atoms with Gasteiger partial charge in [-0.3, -0.25) is 14.5 Å². The van der Waals surface area contributed by atoms with E-state index in [1.54, 1.807) is 0 Å². The quantitative estimate of drug-likeness (QED) is 0.584. The summed E-state index contributed by atoms with van der Waals surface area (Å²) in [6.45, 7) is 2.41. The molecule has 0 spiro atoms. The molecule has 1 N–H and O–H groups in total. The van der Waals surface area contributed by atoms with E-state index in [2.05, 4.69) is 0 Å². The molecule has 0 atom stereocenters. The topological polar surface area (TPSA) is 68.0 Å². The molecule has 0 radical (unpaired) electrons. The molecule has 4 aromatic rings. The number of aliphatic carboxylic acids is 1. The van der Waals surface area contributed by atoms with Gasteiger partial charge in [-0.05, 0) is 19.1 Å². The molecule has 0 fully saturated rings. The fourth-order valence-electron chi connectivity index (χ4n) is 3.28. The average Bonchev–Trinajstić information content (AvgIpc) is 2.98. The molecule has 2 aromatic carbocycles. The van der Waals surface area contributed by atoms with E-state index in [9.17, 15) is 9.90 Å². The van der Waals surface area contributed by atoms with Gasteiger partial charge in [-0.1, -0.05) is 54.6 Å². The van der Waals surface area contributed by atoms with Gasteiger partial charge in [0.05, 0.1) is 29.9 Å². The van der Waals surface area contributed by atoms with Gasteiger partial charge in [0.2, 0.25) is 0 Å². The standard InChI is InChI=1S/C22H19N3O2/c1-15-19(13-21(26)27)22(17-8-3-2-4-9-17)24-25(15)14-18-12-11-16-7-5-6-10-20(16)23-18/h2-12H,13-14H2,1H3,(H,26,27). The van der Waals surface area contributed by atoms with Crippen molar-refractivity contribution in [3.8, 4) is 11.3 Å². The number of fused-ring (bicyclic) bond motifs is 1. The molecule has 134 valence electrons. The van der Waals surface area contributed by atoms with Crippen LogP contribution in [0.5, 0.6) is 0 Å². The van der Waals surface area contributed by atoms with Crippen molar-refractivity contribution in [1.82, 2.24) is 14.8 Å². The highest BCUT2D eigenvalue weighted by molar-refractivity contribution is 5.78. The van der Waals surface area contributed by atoms with Crippen molar-refractivity contribution in [2.24, 2.45) is 0 Å². The molecular formula is C22H19N3O2. The smallest absolute Gasteiger partial charge is 0.307 e. The minimum atomic E-state index is -0.862. The second-order valence-corrected chi connectivity index (χ2v) is 6.50. The molecule has 0 saturated carbocycles. The Morgan fingerprint density at radius 2 is 1.74 bits per heavy atom. The van der Waals surface area contributed by atoms with Crippen LogP contribution in [0.4, 0.5) is 0 Å². The zero-order chi connectivity index (χ0) is 18.8. The van der Waals surface area contributed by atoms with Crippen LogP contribution in [-0.4, -0.2) is 25.8 Å². The summed E-state index contributed by atoms with van der Waals surface area (Å²) in [4.78, 5) is 16.1. The van der Waals surface area contributed by atoms with E-state index in [1.807, 2.05) is 78.3 Å². The number of aromatic nitrogens is 3. The number of carboxylic acid groups (broad SMARTS) is 1. The molecule has 2 heterocycles. The Bertz CT molecular complexity index is 1120. The van der Waals surface area contributed by atoms with Crippen LogP contribution >= 0.6 is 0 Å². The first-order valence-electron chi connectivity index (χ1n) is 8.80. The van der Waals surface area contributed by atoms with Gasteiger partial charge in [0, 0.05) is 22.2 Å². The highest BCUT2D eigenvalue weighted by Crippen LogP contribution is 2.26. The van der Waals surface area contributed by atoms with Crippen LogP contribution < -0.4 is 0 Å². The van der Waals surface area contributed by atoms with Crippen LogP contribution in [0.25, 0.3) is 22.2 Å². The number of benzene rings is 2. The number of carboxylic acids is 1. The molecule has 5 heteroatoms. The van der Waals surface area contributed by atoms with E-state index in [-0.39, 0.29) is 6.42 Å². The number of pyridine rings is 1. The Labute approximate surface area is 156 Å². The first-order chi connectivity index (χ1) is 13.1. The first-order valence-corrected chi connectivity index (χ1v) is 8.80. The van der Waals surface area contributed by atoms with E-state index in [4.69, 9.17) is 10.1 Å². The summed E-state index contributed by atoms with van der Waals surface area (Å²) in [5.41, 5.74) is 5.06. The Kier molecular flexibility index (Phi) is 4.42. The molecule has 4 rings (SSSR count). The van der Waals surface area contributed by atoms with Crippen LogP contribution in [0.1, 0.15) is 17.0 Å². The van der Waals surface area contributed by atoms with E-state index >= 15 is 0 Å². The Hall–Kier alpha value is -3.47. The fourth-order valence-corrected chi connectivity index (χ4v) is 3.28. The number of carbonyl (C=O) groups is 1. The fraction of sp³-hybridized carbons (Fsp3) is 0.136. The second kappa shape index (κ2) is 7.03. The number of rotatable bonds is 5. The van der Waals surface area contributed by atoms with E-state index < -0.39 is 5.97 Å². The third kappa shape index (κ3) is 3.44. The molecule has 0 aliphatic heterocycles. The Morgan fingerprint density at radius 1 is 1.00 bits per heavy atom. The lowest BCUT2D eigenvalue weighted by Crippen LogP contribution is -2.07. The van der Waals surface area contributed by atoms with Gasteiger partial charge in [-0.15, -0.1) is 0 Å². The third-order valence-corrected chi connectivity index (χ3v) is 4.67. The van der Waals surface area contributed by atoms with Gasteiger partial charge in [0.25, 0.3) is 0 Å². The first kappa shape index (κ1) is 17.0. The highest BCUT2D eigenvalue weighted by Gasteiger charge is 2.19. The predicted octanol–water partition coefficient (Wildman–Crippen LogP) is 4.08. The van der Waals surface area contributed by atoms with Crippen molar-refractivity contribution in [1.29, 1.82) is 0 Å². The lowest BCUT2D eigenvalue weighted by molar-refractivity contribution is -0.136. The van der Waals surface area contributed by atoms with E-state index in [0.29, 0.717) is 6.54 Å². The number of hydrogen-bond donors (Lipinski definition) is 1. The summed E-state index contributed by atoms with van der Waals surface area (Å²) >= 11 is 0. The van der Waals surface area contributed by atoms with E-state index in [0.717, 1.165) is 39.1 Å². The van der Waals surface area contributed by atoms with Crippen molar-refractivity contribution in [2.45, 2.75) is 19.9 Å². The molecule has 0 aliphatic rings. The molecule has 27 heavy (non-hydrogen) atoms. The maximum Gasteiger partial charge on any atom is 0.307 e. The second-order valence-electron chi connectivity index (χ2n) is 6.50. The molecule has 0 unspecified atom stereocenters. The highest BCUT2D eigenvalue weighted by atomic mass is 16.4. The molecule has 0 bridgehead atoms. The zero-order valence-electron chi connectivity index (χ0n) is 15.0. The third-order valence-electron chi connectivity index (χ3n) is 4.67. The number of hydrogen-bond acceptors (Lipinski definition) is 3. The van der Waals surface area contributed by atoms with Crippen molar-refractivity contribution in [3.63, 3.8) is 0 Å². The summed E-state index contributed by atoms with van der Waals surface area (Å²) in [5.74, 6) is -0.862. The average molecular weight is 357 g/mol. The predicted molar refractivity (Wildman–Crippen MR) is 105 cm³/mol. The van der Waals surface area contributed by atoms with Gasteiger partial charge >= 0.3 is 5.97 Å². The van der Waals surface area contributed by atoms with Gasteiger partial charge in [0.1, 0.15) is 0 Å². The van der Waals surface area contributed by atoms with Crippen molar-refractivity contribution >= 4 is 16.9 Å². The molecule has 0 saturated heterocycles. The number of nitrogens with zero attached hydrogens (tertiary/aromatic N) is 3.